The Morgan fingerprint density at radius 2 is 1.94 bits per heavy atom. The maximum absolute atomic E-state index is 15.5. The van der Waals surface area contributed by atoms with Gasteiger partial charge in [0.1, 0.15) is 11.9 Å². The van der Waals surface area contributed by atoms with Gasteiger partial charge in [-0.1, -0.05) is 12.5 Å². The molecule has 2 bridgehead atoms. The van der Waals surface area contributed by atoms with Crippen molar-refractivity contribution in [3.05, 3.63) is 42.5 Å². The number of pyridine rings is 1. The van der Waals surface area contributed by atoms with Gasteiger partial charge in [-0.05, 0) is 55.4 Å². The van der Waals surface area contributed by atoms with Crippen molar-refractivity contribution in [3.63, 3.8) is 0 Å². The summed E-state index contributed by atoms with van der Waals surface area (Å²) >= 11 is 0. The molecule has 2 saturated heterocycles. The number of phenols is 1. The van der Waals surface area contributed by atoms with Crippen LogP contribution < -0.4 is 15.0 Å². The molecule has 6 rings (SSSR count). The van der Waals surface area contributed by atoms with E-state index >= 15 is 4.39 Å². The summed E-state index contributed by atoms with van der Waals surface area (Å²) in [6.07, 6.45) is 6.45. The molecule has 188 valence electrons. The molecule has 3 fully saturated rings. The molecule has 4 heterocycles. The Kier molecular flexibility index (Phi) is 5.91. The number of anilines is 1. The van der Waals surface area contributed by atoms with Gasteiger partial charge in [0.2, 0.25) is 11.8 Å². The average Bonchev–Trinajstić information content (AvgIpc) is 3.73. The number of ether oxygens (including phenoxy) is 1. The number of nitrogens with one attached hydrogen (secondary N) is 1. The van der Waals surface area contributed by atoms with E-state index in [4.69, 9.17) is 4.74 Å². The zero-order chi connectivity index (χ0) is 24.8. The van der Waals surface area contributed by atoms with Gasteiger partial charge in [0.25, 0.3) is 0 Å². The van der Waals surface area contributed by atoms with Gasteiger partial charge < -0.3 is 20.1 Å². The number of methoxy groups -OCH3 is 1. The third-order valence-electron chi connectivity index (χ3n) is 7.46. The molecule has 3 aromatic rings. The molecule has 0 spiro atoms. The van der Waals surface area contributed by atoms with Crippen LogP contribution in [0.25, 0.3) is 22.5 Å². The number of benzene rings is 1. The molecule has 36 heavy (non-hydrogen) atoms. The predicted molar refractivity (Wildman–Crippen MR) is 130 cm³/mol. The number of fused-ring (bicyclic) bond motifs is 2. The van der Waals surface area contributed by atoms with Gasteiger partial charge in [-0.25, -0.2) is 9.37 Å². The number of aromatic hydroxyl groups is 1. The summed E-state index contributed by atoms with van der Waals surface area (Å²) in [5.74, 6) is 0.238. The Bertz CT molecular complexity index is 1260. The second kappa shape index (κ2) is 9.24. The van der Waals surface area contributed by atoms with E-state index in [1.54, 1.807) is 24.4 Å². The number of halogens is 2. The van der Waals surface area contributed by atoms with Crippen molar-refractivity contribution >= 4 is 5.82 Å². The molecule has 1 aliphatic carbocycles. The first-order valence-corrected chi connectivity index (χ1v) is 12.4. The van der Waals surface area contributed by atoms with E-state index in [-0.39, 0.29) is 35.6 Å². The smallest absolute Gasteiger partial charge is 0.216 e. The Morgan fingerprint density at radius 1 is 1.08 bits per heavy atom. The fraction of sp³-hybridized carbons (Fsp3) is 0.462. The molecular weight excluding hydrogens is 466 g/mol. The minimum Gasteiger partial charge on any atom is -0.507 e. The molecule has 2 aromatic heterocycles. The van der Waals surface area contributed by atoms with E-state index in [0.717, 1.165) is 38.5 Å². The first-order chi connectivity index (χ1) is 17.5. The topological polar surface area (TPSA) is 96.3 Å². The number of hydrogen-bond acceptors (Lipinski definition) is 8. The number of rotatable bonds is 6. The summed E-state index contributed by atoms with van der Waals surface area (Å²) in [5, 5.41) is 22.8. The molecule has 2 aliphatic heterocycles. The highest BCUT2D eigenvalue weighted by atomic mass is 19.1. The van der Waals surface area contributed by atoms with Crippen molar-refractivity contribution in [3.8, 4) is 34.1 Å². The highest BCUT2D eigenvalue weighted by molar-refractivity contribution is 5.73. The van der Waals surface area contributed by atoms with Crippen LogP contribution in [0.4, 0.5) is 14.6 Å². The SMILES string of the molecule is COc1cc(-c2ccc(-c3ncc(N(C4CC4)[C@@H]4C[C@@H]5CCC[C@@H](N5)[C@@H]4F)nn3)c(O)c2)cc(F)n1. The zero-order valence-electron chi connectivity index (χ0n) is 19.9. The first kappa shape index (κ1) is 23.0. The first-order valence-electron chi connectivity index (χ1n) is 12.4. The van der Waals surface area contributed by atoms with Crippen LogP contribution in [0.5, 0.6) is 11.6 Å². The van der Waals surface area contributed by atoms with Gasteiger partial charge in [0.15, 0.2) is 11.6 Å². The molecule has 3 aliphatic rings. The number of alkyl halides is 1. The summed E-state index contributed by atoms with van der Waals surface area (Å²) in [5.41, 5.74) is 1.51. The Labute approximate surface area is 207 Å². The lowest BCUT2D eigenvalue weighted by molar-refractivity contribution is 0.104. The van der Waals surface area contributed by atoms with Crippen LogP contribution in [-0.4, -0.2) is 62.7 Å². The van der Waals surface area contributed by atoms with Crippen molar-refractivity contribution in [2.75, 3.05) is 12.0 Å². The maximum atomic E-state index is 15.5. The Hall–Kier alpha value is -3.40. The van der Waals surface area contributed by atoms with Crippen molar-refractivity contribution < 1.29 is 18.6 Å². The fourth-order valence-electron chi connectivity index (χ4n) is 5.58. The maximum Gasteiger partial charge on any atom is 0.216 e. The monoisotopic (exact) mass is 494 g/mol. The van der Waals surface area contributed by atoms with E-state index in [2.05, 4.69) is 30.4 Å². The minimum absolute atomic E-state index is 0.0627. The van der Waals surface area contributed by atoms with E-state index in [9.17, 15) is 9.50 Å². The molecule has 10 heteroatoms. The molecule has 8 nitrogen and oxygen atoms in total. The van der Waals surface area contributed by atoms with Crippen LogP contribution in [0.1, 0.15) is 38.5 Å². The van der Waals surface area contributed by atoms with E-state index in [1.807, 2.05) is 0 Å². The number of aromatic nitrogens is 4. The summed E-state index contributed by atoms with van der Waals surface area (Å²) < 4.78 is 34.3. The van der Waals surface area contributed by atoms with Gasteiger partial charge in [0.05, 0.1) is 24.9 Å². The van der Waals surface area contributed by atoms with E-state index < -0.39 is 12.1 Å². The molecule has 1 saturated carbocycles. The lowest BCUT2D eigenvalue weighted by Gasteiger charge is -2.47. The standard InChI is InChI=1S/C26H28F2N6O2/c1-36-24-11-15(10-22(27)31-24)14-5-8-18(21(35)9-14)26-29-13-23(32-33-26)34(17-6-7-17)20-12-16-3-2-4-19(30-16)25(20)28/h5,8-11,13,16-17,19-20,25,30,35H,2-4,6-7,12H2,1H3/t16-,19+,20+,25-/m0/s1. The fourth-order valence-corrected chi connectivity index (χ4v) is 5.58. The number of hydrogen-bond donors (Lipinski definition) is 2. The van der Waals surface area contributed by atoms with Crippen LogP contribution in [0.15, 0.2) is 36.5 Å². The summed E-state index contributed by atoms with van der Waals surface area (Å²) in [6.45, 7) is 0. The molecule has 2 N–H and O–H groups in total. The zero-order valence-corrected chi connectivity index (χ0v) is 19.9. The van der Waals surface area contributed by atoms with Crippen molar-refractivity contribution in [2.45, 2.75) is 68.9 Å². The third-order valence-corrected chi connectivity index (χ3v) is 7.46. The largest absolute Gasteiger partial charge is 0.507 e. The van der Waals surface area contributed by atoms with Crippen LogP contribution in [0.3, 0.4) is 0 Å². The van der Waals surface area contributed by atoms with E-state index in [0.29, 0.717) is 28.6 Å². The molecule has 1 aromatic carbocycles. The van der Waals surface area contributed by atoms with Crippen molar-refractivity contribution in [1.29, 1.82) is 0 Å². The van der Waals surface area contributed by atoms with Crippen LogP contribution in [0, 0.1) is 5.95 Å². The highest BCUT2D eigenvalue weighted by Crippen LogP contribution is 2.39. The van der Waals surface area contributed by atoms with Gasteiger partial charge in [-0.15, -0.1) is 10.2 Å². The van der Waals surface area contributed by atoms with Gasteiger partial charge in [-0.2, -0.15) is 9.37 Å². The summed E-state index contributed by atoms with van der Waals surface area (Å²) in [4.78, 5) is 10.2. The average molecular weight is 495 g/mol. The molecule has 0 radical (unpaired) electrons. The second-order valence-corrected chi connectivity index (χ2v) is 9.88. The Balaban J connectivity index is 1.26. The van der Waals surface area contributed by atoms with Gasteiger partial charge in [0, 0.05) is 30.3 Å². The second-order valence-electron chi connectivity index (χ2n) is 9.88. The lowest BCUT2D eigenvalue weighted by atomic mass is 9.82. The molecule has 0 amide bonds. The van der Waals surface area contributed by atoms with Crippen LogP contribution in [-0.2, 0) is 0 Å². The van der Waals surface area contributed by atoms with Crippen molar-refractivity contribution in [1.82, 2.24) is 25.5 Å². The molecule has 4 atom stereocenters. The number of phenolic OH excluding ortho intramolecular Hbond substituents is 1. The van der Waals surface area contributed by atoms with Gasteiger partial charge >= 0.3 is 0 Å². The number of nitrogens with zero attached hydrogens (tertiary/aromatic N) is 5. The van der Waals surface area contributed by atoms with Crippen molar-refractivity contribution in [2.24, 2.45) is 0 Å². The van der Waals surface area contributed by atoms with Crippen LogP contribution in [0.2, 0.25) is 0 Å². The predicted octanol–water partition coefficient (Wildman–Crippen LogP) is 4.04. The summed E-state index contributed by atoms with van der Waals surface area (Å²) in [6, 6.07) is 8.03. The normalized spacial score (nSPS) is 25.4. The highest BCUT2D eigenvalue weighted by Gasteiger charge is 2.46. The third kappa shape index (κ3) is 4.34. The molecular formula is C26H28F2N6O2. The lowest BCUT2D eigenvalue weighted by Crippen LogP contribution is -2.62. The van der Waals surface area contributed by atoms with Gasteiger partial charge in [-0.3, -0.25) is 0 Å². The van der Waals surface area contributed by atoms with E-state index in [1.165, 1.54) is 19.2 Å². The van der Waals surface area contributed by atoms with Crippen LogP contribution >= 0.6 is 0 Å². The minimum atomic E-state index is -0.961. The number of piperidine rings is 2. The quantitative estimate of drug-likeness (QED) is 0.496. The Morgan fingerprint density at radius 3 is 2.67 bits per heavy atom. The molecule has 0 unspecified atom stereocenters. The summed E-state index contributed by atoms with van der Waals surface area (Å²) in [7, 11) is 1.41.